The second kappa shape index (κ2) is 20.8. The summed E-state index contributed by atoms with van der Waals surface area (Å²) in [7, 11) is 0. The Labute approximate surface area is 443 Å². The van der Waals surface area contributed by atoms with Gasteiger partial charge in [-0.05, 0) is 22.3 Å². The van der Waals surface area contributed by atoms with Crippen LogP contribution in [0.4, 0.5) is 0 Å². The molecule has 0 N–H and O–H groups in total. The second-order valence-electron chi connectivity index (χ2n) is 20.4. The largest absolute Gasteiger partial charge is 0.195 e. The Hall–Kier alpha value is -9.17. The van der Waals surface area contributed by atoms with Gasteiger partial charge in [0, 0.05) is 0 Å². The molecule has 0 aromatic heterocycles. The third kappa shape index (κ3) is 8.37. The SMILES string of the molecule is c1ccc([B-](c2ccccc2)(c2ccccc2)c2ccc(-c3ccc([B-](c4ccccc4)(c4ccccc4)c4ccc(-c5ccc([B-](c6ccccc6)(c6ccccc6)c6ccccc6)cc5)cc4)cc3)cc2)cc1. The lowest BCUT2D eigenvalue weighted by Crippen LogP contribution is -2.74. The van der Waals surface area contributed by atoms with Crippen LogP contribution in [0.3, 0.4) is 0 Å². The predicted molar refractivity (Wildman–Crippen MR) is 328 cm³/mol. The maximum absolute atomic E-state index is 2.38. The van der Waals surface area contributed by atoms with Crippen LogP contribution in [0.2, 0.25) is 0 Å². The van der Waals surface area contributed by atoms with Crippen molar-refractivity contribution >= 4 is 84.0 Å². The van der Waals surface area contributed by atoms with Crippen LogP contribution < -0.4 is 65.6 Å². The van der Waals surface area contributed by atoms with Crippen LogP contribution in [0.15, 0.2) is 340 Å². The fourth-order valence-corrected chi connectivity index (χ4v) is 13.3. The summed E-state index contributed by atoms with van der Waals surface area (Å²) >= 11 is 0. The minimum absolute atomic E-state index is 1.18. The van der Waals surface area contributed by atoms with Crippen molar-refractivity contribution in [3.63, 3.8) is 0 Å². The van der Waals surface area contributed by atoms with E-state index in [1.165, 1.54) is 87.8 Å². The zero-order chi connectivity index (χ0) is 50.3. The molecule has 0 amide bonds. The summed E-state index contributed by atoms with van der Waals surface area (Å²) in [6, 6.07) is 126. The Morgan fingerprint density at radius 2 is 0.213 bits per heavy atom. The molecule has 0 aliphatic rings. The first-order valence-corrected chi connectivity index (χ1v) is 26.5. The van der Waals surface area contributed by atoms with Crippen molar-refractivity contribution in [2.75, 3.05) is 0 Å². The van der Waals surface area contributed by atoms with Gasteiger partial charge in [-0.3, -0.25) is 0 Å². The van der Waals surface area contributed by atoms with Crippen LogP contribution in [0.25, 0.3) is 22.3 Å². The average Bonchev–Trinajstić information content (AvgIpc) is 3.51. The van der Waals surface area contributed by atoms with Gasteiger partial charge < -0.3 is 0 Å². The topological polar surface area (TPSA) is 0 Å². The molecular formula is C72H56B3-3. The Balaban J connectivity index is 0.931. The van der Waals surface area contributed by atoms with E-state index in [1.807, 2.05) is 0 Å². The van der Waals surface area contributed by atoms with E-state index in [0.717, 1.165) is 0 Å². The van der Waals surface area contributed by atoms with Gasteiger partial charge in [0.2, 0.25) is 0 Å². The van der Waals surface area contributed by atoms with Crippen molar-refractivity contribution in [1.29, 1.82) is 0 Å². The maximum Gasteiger partial charge on any atom is 0.108 e. The minimum Gasteiger partial charge on any atom is -0.195 e. The van der Waals surface area contributed by atoms with E-state index < -0.39 is 18.4 Å². The molecule has 0 spiro atoms. The van der Waals surface area contributed by atoms with Crippen molar-refractivity contribution < 1.29 is 0 Å². The van der Waals surface area contributed by atoms with Gasteiger partial charge in [0.25, 0.3) is 0 Å². The predicted octanol–water partition coefficient (Wildman–Crippen LogP) is 9.15. The quantitative estimate of drug-likeness (QED) is 0.0956. The van der Waals surface area contributed by atoms with Gasteiger partial charge in [0.1, 0.15) is 18.4 Å². The van der Waals surface area contributed by atoms with Crippen LogP contribution in [0, 0.1) is 0 Å². The lowest BCUT2D eigenvalue weighted by molar-refractivity contribution is 1.61. The number of benzene rings is 12. The molecule has 356 valence electrons. The Morgan fingerprint density at radius 1 is 0.107 bits per heavy atom. The molecule has 0 nitrogen and oxygen atoms in total. The van der Waals surface area contributed by atoms with Crippen molar-refractivity contribution in [3.05, 3.63) is 340 Å². The molecule has 0 fully saturated rings. The van der Waals surface area contributed by atoms with Gasteiger partial charge in [0.15, 0.2) is 0 Å². The molecule has 0 bridgehead atoms. The standard InChI is InChI=1S/C72H56B3/c1-9-25-61(26-10-1)73(62-27-11-2-12-28-62,63-29-13-3-14-30-63)69-49-41-57(42-50-69)59-45-53-71(54-46-59)75(67-37-21-7-22-38-67,68-39-23-8-24-40-68)72-55-47-60(48-56-72)58-43-51-70(52-44-58)74(64-31-15-4-16-32-64,65-33-17-5-18-34-65)66-35-19-6-20-36-66/h1-56H/q-3. The maximum atomic E-state index is 2.38. The molecule has 0 saturated carbocycles. The Bertz CT molecular complexity index is 3280. The van der Waals surface area contributed by atoms with Gasteiger partial charge in [-0.1, -0.05) is 340 Å². The molecule has 12 aromatic carbocycles. The number of hydrogen-bond acceptors (Lipinski definition) is 0. The van der Waals surface area contributed by atoms with Crippen molar-refractivity contribution in [3.8, 4) is 22.3 Å². The monoisotopic (exact) mass is 953 g/mol. The molecule has 75 heavy (non-hydrogen) atoms. The summed E-state index contributed by atoms with van der Waals surface area (Å²) in [6.45, 7) is 0. The molecule has 0 saturated heterocycles. The van der Waals surface area contributed by atoms with E-state index in [4.69, 9.17) is 0 Å². The summed E-state index contributed by atoms with van der Waals surface area (Å²) in [5, 5.41) is 0. The van der Waals surface area contributed by atoms with E-state index in [1.54, 1.807) is 0 Å². The molecule has 0 unspecified atom stereocenters. The van der Waals surface area contributed by atoms with Crippen molar-refractivity contribution in [1.82, 2.24) is 0 Å². The van der Waals surface area contributed by atoms with Crippen molar-refractivity contribution in [2.24, 2.45) is 0 Å². The van der Waals surface area contributed by atoms with Crippen LogP contribution >= 0.6 is 0 Å². The average molecular weight is 954 g/mol. The van der Waals surface area contributed by atoms with Crippen molar-refractivity contribution in [2.45, 2.75) is 0 Å². The van der Waals surface area contributed by atoms with Gasteiger partial charge in [0.05, 0.1) is 0 Å². The third-order valence-corrected chi connectivity index (χ3v) is 16.7. The van der Waals surface area contributed by atoms with Crippen LogP contribution in [0.5, 0.6) is 0 Å². The summed E-state index contributed by atoms with van der Waals surface area (Å²) in [5.41, 5.74) is 20.2. The van der Waals surface area contributed by atoms with Crippen LogP contribution in [-0.4, -0.2) is 18.4 Å². The molecule has 3 heteroatoms. The Kier molecular flexibility index (Phi) is 13.0. The third-order valence-electron chi connectivity index (χ3n) is 16.7. The number of rotatable bonds is 14. The van der Waals surface area contributed by atoms with E-state index in [2.05, 4.69) is 340 Å². The molecule has 0 aliphatic carbocycles. The lowest BCUT2D eigenvalue weighted by atomic mass is 9.13. The fraction of sp³-hybridized carbons (Fsp3) is 0. The lowest BCUT2D eigenvalue weighted by Gasteiger charge is -2.44. The van der Waals surface area contributed by atoms with Gasteiger partial charge in [-0.2, -0.15) is 65.6 Å². The summed E-state index contributed by atoms with van der Waals surface area (Å²) in [4.78, 5) is 0. The summed E-state index contributed by atoms with van der Waals surface area (Å²) in [6.07, 6.45) is -4.53. The molecule has 0 aliphatic heterocycles. The molecule has 0 atom stereocenters. The summed E-state index contributed by atoms with van der Waals surface area (Å²) in [5.74, 6) is 0. The normalized spacial score (nSPS) is 11.7. The van der Waals surface area contributed by atoms with Gasteiger partial charge >= 0.3 is 0 Å². The molecular weight excluding hydrogens is 897 g/mol. The minimum atomic E-state index is -1.60. The van der Waals surface area contributed by atoms with Crippen LogP contribution in [0.1, 0.15) is 0 Å². The number of hydrogen-bond donors (Lipinski definition) is 0. The van der Waals surface area contributed by atoms with Crippen LogP contribution in [-0.2, 0) is 0 Å². The van der Waals surface area contributed by atoms with E-state index >= 15 is 0 Å². The van der Waals surface area contributed by atoms with Gasteiger partial charge in [-0.25, -0.2) is 0 Å². The fourth-order valence-electron chi connectivity index (χ4n) is 13.3. The zero-order valence-corrected chi connectivity index (χ0v) is 42.1. The van der Waals surface area contributed by atoms with E-state index in [-0.39, 0.29) is 0 Å². The Morgan fingerprint density at radius 3 is 0.333 bits per heavy atom. The first-order chi connectivity index (χ1) is 37.2. The highest BCUT2D eigenvalue weighted by Gasteiger charge is 2.34. The smallest absolute Gasteiger partial charge is 0.108 e. The van der Waals surface area contributed by atoms with E-state index in [9.17, 15) is 0 Å². The first-order valence-electron chi connectivity index (χ1n) is 26.5. The molecule has 12 aromatic rings. The molecule has 0 radical (unpaired) electrons. The van der Waals surface area contributed by atoms with Gasteiger partial charge in [-0.15, -0.1) is 0 Å². The second-order valence-corrected chi connectivity index (χ2v) is 20.4. The molecule has 12 rings (SSSR count). The zero-order valence-electron chi connectivity index (χ0n) is 42.1. The highest BCUT2D eigenvalue weighted by Crippen LogP contribution is 2.23. The molecule has 0 heterocycles. The highest BCUT2D eigenvalue weighted by molar-refractivity contribution is 7.21. The highest BCUT2D eigenvalue weighted by atomic mass is 14.2. The summed E-state index contributed by atoms with van der Waals surface area (Å²) < 4.78 is 0. The first kappa shape index (κ1) is 46.9. The van der Waals surface area contributed by atoms with E-state index in [0.29, 0.717) is 0 Å².